The Morgan fingerprint density at radius 1 is 0.769 bits per heavy atom. The molecule has 150 valence electrons. The van der Waals surface area contributed by atoms with Crippen molar-refractivity contribution in [2.24, 2.45) is 0 Å². The van der Waals surface area contributed by atoms with E-state index in [1.807, 2.05) is 13.8 Å². The van der Waals surface area contributed by atoms with Crippen LogP contribution in [0.2, 0.25) is 0 Å². The summed E-state index contributed by atoms with van der Waals surface area (Å²) in [6.45, 7) is 8.66. The van der Waals surface area contributed by atoms with E-state index in [-0.39, 0.29) is 0 Å². The molecule has 0 aromatic carbocycles. The summed E-state index contributed by atoms with van der Waals surface area (Å²) in [6, 6.07) is -0.979. The third-order valence-electron chi connectivity index (χ3n) is 3.00. The van der Waals surface area contributed by atoms with Crippen LogP contribution in [0.4, 0.5) is 0 Å². The number of amides is 1. The second-order valence-corrected chi connectivity index (χ2v) is 5.09. The van der Waals surface area contributed by atoms with E-state index in [1.54, 1.807) is 0 Å². The molecule has 0 aliphatic carbocycles. The van der Waals surface area contributed by atoms with Crippen molar-refractivity contribution in [3.8, 4) is 0 Å². The number of hydrogen-bond donors (Lipinski definition) is 1. The Kier molecular flexibility index (Phi) is 10.5. The second-order valence-electron chi connectivity index (χ2n) is 5.09. The standard InChI is InChI=1S/C14H21NO9.C2H6/c1-6(16)15-10-11(21-7(2)17)12(22-8(3)18)14(23-9(4)19)24-13(10)20-5;1-2/h10-14H,1-5H3,(H,15,16);1-2H3/t10-,11-,12-,13-,14+;/m1./s1. The van der Waals surface area contributed by atoms with E-state index in [9.17, 15) is 19.2 Å². The number of carbonyl (C=O) groups excluding carboxylic acids is 4. The number of hydrogen-bond acceptors (Lipinski definition) is 9. The Balaban J connectivity index is 0.00000301. The van der Waals surface area contributed by atoms with Crippen molar-refractivity contribution in [2.45, 2.75) is 72.4 Å². The summed E-state index contributed by atoms with van der Waals surface area (Å²) in [5.41, 5.74) is 0. The van der Waals surface area contributed by atoms with Gasteiger partial charge in [-0.25, -0.2) is 0 Å². The van der Waals surface area contributed by atoms with Crippen LogP contribution in [0.1, 0.15) is 41.5 Å². The topological polar surface area (TPSA) is 126 Å². The van der Waals surface area contributed by atoms with E-state index in [4.69, 9.17) is 23.7 Å². The predicted octanol–water partition coefficient (Wildman–Crippen LogP) is 0.273. The third-order valence-corrected chi connectivity index (χ3v) is 3.00. The van der Waals surface area contributed by atoms with E-state index in [2.05, 4.69) is 5.32 Å². The van der Waals surface area contributed by atoms with Gasteiger partial charge in [-0.05, 0) is 0 Å². The average Bonchev–Trinajstić information content (AvgIpc) is 2.53. The lowest BCUT2D eigenvalue weighted by molar-refractivity contribution is -0.316. The Morgan fingerprint density at radius 2 is 1.23 bits per heavy atom. The highest BCUT2D eigenvalue weighted by atomic mass is 16.8. The molecule has 0 aromatic heterocycles. The molecular weight excluding hydrogens is 350 g/mol. The number of ether oxygens (including phenoxy) is 5. The van der Waals surface area contributed by atoms with Gasteiger partial charge in [-0.2, -0.15) is 0 Å². The molecule has 0 spiro atoms. The van der Waals surface area contributed by atoms with Gasteiger partial charge in [0.25, 0.3) is 0 Å². The monoisotopic (exact) mass is 377 g/mol. The number of rotatable bonds is 5. The van der Waals surface area contributed by atoms with Crippen LogP contribution in [0, 0.1) is 0 Å². The Bertz CT molecular complexity index is 508. The third kappa shape index (κ3) is 7.36. The molecular formula is C16H27NO9. The summed E-state index contributed by atoms with van der Waals surface area (Å²) < 4.78 is 25.8. The first kappa shape index (κ1) is 23.8. The molecule has 0 saturated carbocycles. The van der Waals surface area contributed by atoms with E-state index < -0.39 is 54.6 Å². The summed E-state index contributed by atoms with van der Waals surface area (Å²) in [4.78, 5) is 45.5. The van der Waals surface area contributed by atoms with E-state index in [1.165, 1.54) is 14.0 Å². The van der Waals surface area contributed by atoms with Crippen molar-refractivity contribution in [3.63, 3.8) is 0 Å². The largest absolute Gasteiger partial charge is 0.456 e. The van der Waals surface area contributed by atoms with Crippen LogP contribution < -0.4 is 5.32 Å². The summed E-state index contributed by atoms with van der Waals surface area (Å²) in [5, 5.41) is 2.52. The lowest BCUT2D eigenvalue weighted by Gasteiger charge is -2.43. The Morgan fingerprint density at radius 3 is 1.62 bits per heavy atom. The minimum Gasteiger partial charge on any atom is -0.456 e. The first-order valence-corrected chi connectivity index (χ1v) is 8.12. The molecule has 26 heavy (non-hydrogen) atoms. The van der Waals surface area contributed by atoms with E-state index in [0.717, 1.165) is 20.8 Å². The molecule has 1 fully saturated rings. The highest BCUT2D eigenvalue weighted by molar-refractivity contribution is 5.73. The van der Waals surface area contributed by atoms with E-state index >= 15 is 0 Å². The normalized spacial score (nSPS) is 27.3. The van der Waals surface area contributed by atoms with Crippen LogP contribution in [0.25, 0.3) is 0 Å². The molecule has 10 nitrogen and oxygen atoms in total. The van der Waals surface area contributed by atoms with Gasteiger partial charge in [-0.3, -0.25) is 19.2 Å². The van der Waals surface area contributed by atoms with E-state index in [0.29, 0.717) is 0 Å². The van der Waals surface area contributed by atoms with Crippen molar-refractivity contribution in [3.05, 3.63) is 0 Å². The maximum absolute atomic E-state index is 11.4. The van der Waals surface area contributed by atoms with Crippen LogP contribution in [0.3, 0.4) is 0 Å². The fourth-order valence-corrected chi connectivity index (χ4v) is 2.30. The van der Waals surface area contributed by atoms with Gasteiger partial charge in [0.15, 0.2) is 12.4 Å². The number of carbonyl (C=O) groups is 4. The number of methoxy groups -OCH3 is 1. The number of esters is 3. The highest BCUT2D eigenvalue weighted by Crippen LogP contribution is 2.27. The maximum Gasteiger partial charge on any atom is 0.305 e. The van der Waals surface area contributed by atoms with Crippen LogP contribution in [-0.2, 0) is 42.9 Å². The van der Waals surface area contributed by atoms with Gasteiger partial charge in [0.05, 0.1) is 0 Å². The molecule has 1 heterocycles. The first-order chi connectivity index (χ1) is 12.1. The molecule has 1 amide bonds. The molecule has 1 aliphatic rings. The summed E-state index contributed by atoms with van der Waals surface area (Å²) in [7, 11) is 1.29. The van der Waals surface area contributed by atoms with Gasteiger partial charge in [-0.1, -0.05) is 13.8 Å². The van der Waals surface area contributed by atoms with Gasteiger partial charge >= 0.3 is 17.9 Å². The van der Waals surface area contributed by atoms with Crippen molar-refractivity contribution in [1.82, 2.24) is 5.32 Å². The van der Waals surface area contributed by atoms with Crippen molar-refractivity contribution in [2.75, 3.05) is 7.11 Å². The Hall–Kier alpha value is -2.20. The average molecular weight is 377 g/mol. The zero-order chi connectivity index (χ0) is 20.4. The maximum atomic E-state index is 11.4. The molecule has 0 bridgehead atoms. The quantitative estimate of drug-likeness (QED) is 0.530. The van der Waals surface area contributed by atoms with Crippen LogP contribution in [-0.4, -0.2) is 61.8 Å². The zero-order valence-corrected chi connectivity index (χ0v) is 16.1. The van der Waals surface area contributed by atoms with Gasteiger partial charge in [-0.15, -0.1) is 0 Å². The molecule has 1 N–H and O–H groups in total. The van der Waals surface area contributed by atoms with Crippen molar-refractivity contribution >= 4 is 23.8 Å². The predicted molar refractivity (Wildman–Crippen MR) is 87.5 cm³/mol. The summed E-state index contributed by atoms with van der Waals surface area (Å²) in [5.74, 6) is -2.55. The lowest BCUT2D eigenvalue weighted by atomic mass is 10.00. The van der Waals surface area contributed by atoms with Crippen molar-refractivity contribution < 1.29 is 42.9 Å². The fourth-order valence-electron chi connectivity index (χ4n) is 2.30. The van der Waals surface area contributed by atoms with Crippen LogP contribution in [0.5, 0.6) is 0 Å². The molecule has 0 radical (unpaired) electrons. The number of nitrogens with one attached hydrogen (secondary N) is 1. The summed E-state index contributed by atoms with van der Waals surface area (Å²) in [6.07, 6.45) is -4.93. The van der Waals surface area contributed by atoms with Crippen LogP contribution in [0.15, 0.2) is 0 Å². The SMILES string of the molecule is CC.CO[C@@H]1O[C@H](OC(C)=O)[C@H](OC(C)=O)[C@H](OC(C)=O)[C@H]1NC(C)=O. The molecule has 0 unspecified atom stereocenters. The van der Waals surface area contributed by atoms with Gasteiger partial charge in [0.2, 0.25) is 18.3 Å². The molecule has 1 rings (SSSR count). The van der Waals surface area contributed by atoms with Crippen molar-refractivity contribution in [1.29, 1.82) is 0 Å². The molecule has 5 atom stereocenters. The fraction of sp³-hybridized carbons (Fsp3) is 0.750. The first-order valence-electron chi connectivity index (χ1n) is 8.12. The van der Waals surface area contributed by atoms with Gasteiger partial charge in [0, 0.05) is 34.8 Å². The zero-order valence-electron chi connectivity index (χ0n) is 16.1. The highest BCUT2D eigenvalue weighted by Gasteiger charge is 2.52. The smallest absolute Gasteiger partial charge is 0.305 e. The lowest BCUT2D eigenvalue weighted by Crippen LogP contribution is -2.66. The Labute approximate surface area is 152 Å². The molecule has 0 aromatic rings. The van der Waals surface area contributed by atoms with Crippen LogP contribution >= 0.6 is 0 Å². The van der Waals surface area contributed by atoms with Gasteiger partial charge < -0.3 is 29.0 Å². The summed E-state index contributed by atoms with van der Waals surface area (Å²) >= 11 is 0. The minimum absolute atomic E-state index is 0.449. The van der Waals surface area contributed by atoms with Gasteiger partial charge in [0.1, 0.15) is 6.04 Å². The minimum atomic E-state index is -1.37. The molecule has 1 saturated heterocycles. The molecule has 10 heteroatoms. The molecule has 1 aliphatic heterocycles. The second kappa shape index (κ2) is 11.4.